The first kappa shape index (κ1) is 31.4. The zero-order chi connectivity index (χ0) is 20.6. The summed E-state index contributed by atoms with van der Waals surface area (Å²) in [5.74, 6) is -0.0744. The van der Waals surface area contributed by atoms with E-state index in [0.29, 0.717) is 0 Å². The van der Waals surface area contributed by atoms with Gasteiger partial charge in [0.15, 0.2) is 0 Å². The average molecular weight is 464 g/mol. The number of rotatable bonds is 16. The fourth-order valence-electron chi connectivity index (χ4n) is 3.71. The Balaban J connectivity index is 0. The zero-order valence-electron chi connectivity index (χ0n) is 19.5. The predicted octanol–water partition coefficient (Wildman–Crippen LogP) is -3.09. The van der Waals surface area contributed by atoms with Crippen molar-refractivity contribution >= 4 is 5.97 Å². The Labute approximate surface area is 197 Å². The minimum atomic E-state index is -0.258. The number of hydrogen-bond donors (Lipinski definition) is 2. The Bertz CT molecular complexity index is 513. The highest BCUT2D eigenvalue weighted by Gasteiger charge is 2.28. The van der Waals surface area contributed by atoms with Gasteiger partial charge in [-0.3, -0.25) is 0 Å². The molecule has 1 aromatic carbocycles. The van der Waals surface area contributed by atoms with Gasteiger partial charge in [-0.1, -0.05) is 69.9 Å². The largest absolute Gasteiger partial charge is 1.00 e. The summed E-state index contributed by atoms with van der Waals surface area (Å²) in [7, 11) is 0. The van der Waals surface area contributed by atoms with Crippen LogP contribution in [-0.4, -0.2) is 38.3 Å². The summed E-state index contributed by atoms with van der Waals surface area (Å²) in [5.41, 5.74) is 1.04. The number of quaternary nitrogens is 2. The molecule has 0 saturated heterocycles. The Morgan fingerprint density at radius 1 is 0.933 bits per heavy atom. The molecular weight excluding hydrogens is 419 g/mol. The highest BCUT2D eigenvalue weighted by Crippen LogP contribution is 2.17. The van der Waals surface area contributed by atoms with E-state index < -0.39 is 0 Å². The van der Waals surface area contributed by atoms with Crippen molar-refractivity contribution in [2.75, 3.05) is 26.2 Å². The van der Waals surface area contributed by atoms with E-state index in [0.717, 1.165) is 57.4 Å². The summed E-state index contributed by atoms with van der Waals surface area (Å²) >= 11 is 0. The molecule has 30 heavy (non-hydrogen) atoms. The monoisotopic (exact) mass is 462 g/mol. The molecule has 0 amide bonds. The Hall–Kier alpha value is -0.810. The highest BCUT2D eigenvalue weighted by atomic mass is 35.5. The van der Waals surface area contributed by atoms with Gasteiger partial charge in [0.25, 0.3) is 0 Å². The number of ether oxygens (including phenoxy) is 1. The second-order valence-corrected chi connectivity index (χ2v) is 7.82. The van der Waals surface area contributed by atoms with Gasteiger partial charge >= 0.3 is 5.97 Å². The van der Waals surface area contributed by atoms with Crippen molar-refractivity contribution < 1.29 is 44.6 Å². The number of carbonyl (C=O) groups is 1. The average Bonchev–Trinajstić information content (AvgIpc) is 2.72. The van der Waals surface area contributed by atoms with Crippen molar-refractivity contribution in [1.82, 2.24) is 0 Å². The van der Waals surface area contributed by atoms with Gasteiger partial charge in [0.2, 0.25) is 6.04 Å². The number of halogens is 2. The third-order valence-electron chi connectivity index (χ3n) is 5.59. The lowest BCUT2D eigenvalue weighted by Gasteiger charge is -2.22. The van der Waals surface area contributed by atoms with E-state index in [1.165, 1.54) is 19.3 Å². The van der Waals surface area contributed by atoms with E-state index in [1.807, 2.05) is 30.3 Å². The van der Waals surface area contributed by atoms with E-state index in [9.17, 15) is 4.79 Å². The lowest BCUT2D eigenvalue weighted by Crippen LogP contribution is -3.14. The fraction of sp³-hybridized carbons (Fsp3) is 0.708. The predicted molar refractivity (Wildman–Crippen MR) is 116 cm³/mol. The lowest BCUT2D eigenvalue weighted by atomic mass is 10.0. The van der Waals surface area contributed by atoms with Gasteiger partial charge in [-0.2, -0.15) is 0 Å². The van der Waals surface area contributed by atoms with Crippen molar-refractivity contribution in [3.05, 3.63) is 35.9 Å². The van der Waals surface area contributed by atoms with Gasteiger partial charge in [-0.25, -0.2) is 4.79 Å². The Kier molecular flexibility index (Phi) is 21.0. The molecule has 3 N–H and O–H groups in total. The summed E-state index contributed by atoms with van der Waals surface area (Å²) in [6.45, 7) is 13.1. The summed E-state index contributed by atoms with van der Waals surface area (Å²) in [6.07, 6.45) is 7.94. The molecule has 1 rings (SSSR count). The number of nitrogens with one attached hydrogen (secondary N) is 1. The van der Waals surface area contributed by atoms with Crippen LogP contribution in [0.3, 0.4) is 0 Å². The van der Waals surface area contributed by atoms with E-state index in [2.05, 4.69) is 33.0 Å². The van der Waals surface area contributed by atoms with E-state index in [4.69, 9.17) is 4.74 Å². The quantitative estimate of drug-likeness (QED) is 0.202. The van der Waals surface area contributed by atoms with Crippen molar-refractivity contribution in [2.24, 2.45) is 0 Å². The first-order valence-corrected chi connectivity index (χ1v) is 11.6. The summed E-state index contributed by atoms with van der Waals surface area (Å²) in [4.78, 5) is 14.6. The van der Waals surface area contributed by atoms with E-state index in [-0.39, 0.29) is 42.9 Å². The van der Waals surface area contributed by atoms with Crippen LogP contribution in [0.2, 0.25) is 0 Å². The third-order valence-corrected chi connectivity index (χ3v) is 5.59. The van der Waals surface area contributed by atoms with E-state index in [1.54, 1.807) is 4.90 Å². The first-order valence-electron chi connectivity index (χ1n) is 11.6. The number of esters is 1. The first-order chi connectivity index (χ1) is 13.7. The maximum atomic E-state index is 13.1. The summed E-state index contributed by atoms with van der Waals surface area (Å²) < 4.78 is 6.02. The molecule has 0 aliphatic rings. The van der Waals surface area contributed by atoms with Crippen LogP contribution in [0.15, 0.2) is 30.3 Å². The van der Waals surface area contributed by atoms with Crippen molar-refractivity contribution in [3.8, 4) is 0 Å². The Morgan fingerprint density at radius 2 is 1.60 bits per heavy atom. The summed E-state index contributed by atoms with van der Waals surface area (Å²) in [5, 5.41) is 2.17. The highest BCUT2D eigenvalue weighted by molar-refractivity contribution is 5.76. The van der Waals surface area contributed by atoms with Crippen LogP contribution < -0.4 is 35.0 Å². The van der Waals surface area contributed by atoms with Crippen molar-refractivity contribution in [1.29, 1.82) is 0 Å². The molecule has 2 atom stereocenters. The molecule has 0 aliphatic carbocycles. The van der Waals surface area contributed by atoms with Gasteiger partial charge < -0.3 is 39.8 Å². The molecule has 0 spiro atoms. The molecule has 0 bridgehead atoms. The summed E-state index contributed by atoms with van der Waals surface area (Å²) in [6, 6.07) is 9.84. The standard InChI is InChI=1S/C24H42N2O2.2ClH/c1-5-9-10-14-18-22(15-6-2)28-24(27)23(21-16-12-11-13-17-21)25-19-20-26(7-3)8-4;;/h11-13,16-17,22-23,25H,5-10,14-15,18-20H2,1-4H3;2*1H. The van der Waals surface area contributed by atoms with Gasteiger partial charge in [0.1, 0.15) is 19.2 Å². The number of unbranched alkanes of at least 4 members (excludes halogenated alkanes) is 3. The van der Waals surface area contributed by atoms with Gasteiger partial charge in [-0.15, -0.1) is 0 Å². The number of benzene rings is 1. The topological polar surface area (TPSA) is 47.3 Å². The molecule has 0 aromatic heterocycles. The third kappa shape index (κ3) is 12.8. The minimum Gasteiger partial charge on any atom is -1.00 e. The van der Waals surface area contributed by atoms with Crippen LogP contribution in [0.25, 0.3) is 0 Å². The minimum absolute atomic E-state index is 0. The van der Waals surface area contributed by atoms with Crippen LogP contribution in [-0.2, 0) is 9.53 Å². The molecule has 4 nitrogen and oxygen atoms in total. The lowest BCUT2D eigenvalue weighted by molar-refractivity contribution is -0.910. The molecule has 0 heterocycles. The van der Waals surface area contributed by atoms with Gasteiger partial charge in [-0.05, 0) is 33.1 Å². The smallest absolute Gasteiger partial charge is 0.370 e. The van der Waals surface area contributed by atoms with Crippen molar-refractivity contribution in [2.45, 2.75) is 84.8 Å². The molecule has 1 aromatic rings. The van der Waals surface area contributed by atoms with Crippen LogP contribution in [0, 0.1) is 0 Å². The van der Waals surface area contributed by atoms with Crippen LogP contribution in [0.5, 0.6) is 0 Å². The number of hydrogen-bond acceptors (Lipinski definition) is 2. The molecule has 0 radical (unpaired) electrons. The van der Waals surface area contributed by atoms with Crippen LogP contribution in [0.1, 0.15) is 84.2 Å². The van der Waals surface area contributed by atoms with Gasteiger partial charge in [0, 0.05) is 5.56 Å². The molecular formula is C24H44Cl2N2O2. The molecule has 176 valence electrons. The van der Waals surface area contributed by atoms with Crippen LogP contribution in [0.4, 0.5) is 0 Å². The maximum absolute atomic E-state index is 13.1. The zero-order valence-corrected chi connectivity index (χ0v) is 21.0. The SMILES string of the molecule is CCCCCCC(CCC)OC(=O)C([NH2+]CC[NH+](CC)CC)c1ccccc1.[Cl-].[Cl-]. The second kappa shape index (κ2) is 20.1. The Morgan fingerprint density at radius 3 is 2.17 bits per heavy atom. The molecule has 0 fully saturated rings. The number of carbonyl (C=O) groups excluding carboxylic acids is 1. The molecule has 0 saturated carbocycles. The molecule has 2 unspecified atom stereocenters. The number of nitrogens with two attached hydrogens (primary N) is 1. The normalized spacial score (nSPS) is 12.6. The maximum Gasteiger partial charge on any atom is 0.370 e. The van der Waals surface area contributed by atoms with Gasteiger partial charge in [0.05, 0.1) is 13.1 Å². The second-order valence-electron chi connectivity index (χ2n) is 7.82. The molecule has 0 aliphatic heterocycles. The fourth-order valence-corrected chi connectivity index (χ4v) is 3.71. The molecule has 6 heteroatoms. The van der Waals surface area contributed by atoms with Crippen LogP contribution >= 0.6 is 0 Å². The van der Waals surface area contributed by atoms with Crippen molar-refractivity contribution in [3.63, 3.8) is 0 Å². The van der Waals surface area contributed by atoms with E-state index >= 15 is 0 Å². The number of likely N-dealkylation sites (N-methyl/N-ethyl adjacent to an activating group) is 1.